The monoisotopic (exact) mass is 394 g/mol. The lowest BCUT2D eigenvalue weighted by molar-refractivity contribution is -0.135. The van der Waals surface area contributed by atoms with Gasteiger partial charge in [-0.1, -0.05) is 41.9 Å². The van der Waals surface area contributed by atoms with Gasteiger partial charge in [-0.2, -0.15) is 5.10 Å². The molecule has 1 aromatic heterocycles. The number of rotatable bonds is 6. The van der Waals surface area contributed by atoms with Gasteiger partial charge in [-0.3, -0.25) is 9.59 Å². The Morgan fingerprint density at radius 3 is 2.11 bits per heavy atom. The third-order valence-corrected chi connectivity index (χ3v) is 4.20. The van der Waals surface area contributed by atoms with Crippen molar-refractivity contribution in [3.8, 4) is 0 Å². The molecule has 0 saturated heterocycles. The van der Waals surface area contributed by atoms with E-state index in [0.717, 1.165) is 7.11 Å². The van der Waals surface area contributed by atoms with Gasteiger partial charge in [0, 0.05) is 28.5 Å². The summed E-state index contributed by atoms with van der Waals surface area (Å²) < 4.78 is 6.00. The van der Waals surface area contributed by atoms with Crippen molar-refractivity contribution in [1.29, 1.82) is 0 Å². The second-order valence-electron chi connectivity index (χ2n) is 5.70. The van der Waals surface area contributed by atoms with E-state index >= 15 is 0 Å². The summed E-state index contributed by atoms with van der Waals surface area (Å²) >= 11 is 5.88. The number of allylic oxidation sites excluding steroid dienone is 1. The van der Waals surface area contributed by atoms with Crippen molar-refractivity contribution in [2.24, 2.45) is 0 Å². The van der Waals surface area contributed by atoms with Crippen LogP contribution in [-0.4, -0.2) is 34.4 Å². The smallest absolute Gasteiger partial charge is 0.344 e. The topological polar surface area (TPSA) is 78.3 Å². The van der Waals surface area contributed by atoms with E-state index in [4.69, 9.17) is 16.3 Å². The van der Waals surface area contributed by atoms with E-state index in [9.17, 15) is 14.4 Å². The van der Waals surface area contributed by atoms with Gasteiger partial charge in [0.15, 0.2) is 0 Å². The van der Waals surface area contributed by atoms with Gasteiger partial charge < -0.3 is 4.74 Å². The first kappa shape index (κ1) is 19.3. The maximum Gasteiger partial charge on any atom is 0.344 e. The molecule has 0 radical (unpaired) electrons. The van der Waals surface area contributed by atoms with E-state index < -0.39 is 23.1 Å². The highest BCUT2D eigenvalue weighted by Gasteiger charge is 2.31. The maximum atomic E-state index is 13.2. The van der Waals surface area contributed by atoms with Crippen LogP contribution in [0.1, 0.15) is 20.7 Å². The highest BCUT2D eigenvalue weighted by molar-refractivity contribution is 6.38. The number of aromatic nitrogens is 2. The molecule has 0 fully saturated rings. The molecule has 0 aliphatic carbocycles. The van der Waals surface area contributed by atoms with Crippen molar-refractivity contribution in [3.63, 3.8) is 0 Å². The maximum absolute atomic E-state index is 13.2. The molecule has 7 heteroatoms. The Morgan fingerprint density at radius 2 is 1.54 bits per heavy atom. The summed E-state index contributed by atoms with van der Waals surface area (Å²) in [5.41, 5.74) is -0.112. The van der Waals surface area contributed by atoms with Crippen LogP contribution in [0.2, 0.25) is 5.02 Å². The van der Waals surface area contributed by atoms with Crippen LogP contribution >= 0.6 is 11.6 Å². The molecule has 1 heterocycles. The molecule has 0 aliphatic heterocycles. The third kappa shape index (κ3) is 3.92. The van der Waals surface area contributed by atoms with Gasteiger partial charge in [0.1, 0.15) is 11.3 Å². The lowest BCUT2D eigenvalue weighted by Crippen LogP contribution is -2.23. The summed E-state index contributed by atoms with van der Waals surface area (Å²) in [6.45, 7) is 0. The van der Waals surface area contributed by atoms with Crippen LogP contribution in [-0.2, 0) is 9.53 Å². The van der Waals surface area contributed by atoms with E-state index in [1.54, 1.807) is 36.4 Å². The second kappa shape index (κ2) is 8.45. The predicted molar refractivity (Wildman–Crippen MR) is 104 cm³/mol. The van der Waals surface area contributed by atoms with Crippen molar-refractivity contribution in [1.82, 2.24) is 9.78 Å². The summed E-state index contributed by atoms with van der Waals surface area (Å²) in [4.78, 5) is 38.9. The number of carbonyl (C=O) groups excluding carboxylic acids is 3. The molecule has 140 valence electrons. The number of methoxy groups -OCH3 is 1. The largest absolute Gasteiger partial charge is 0.465 e. The summed E-state index contributed by atoms with van der Waals surface area (Å²) in [7, 11) is 1.14. The molecule has 0 N–H and O–H groups in total. The molecular weight excluding hydrogens is 380 g/mol. The van der Waals surface area contributed by atoms with Gasteiger partial charge in [0.05, 0.1) is 7.11 Å². The van der Waals surface area contributed by atoms with Crippen LogP contribution in [0, 0.1) is 0 Å². The lowest BCUT2D eigenvalue weighted by atomic mass is 9.97. The Labute approximate surface area is 166 Å². The van der Waals surface area contributed by atoms with Gasteiger partial charge in [0.2, 0.25) is 11.6 Å². The molecule has 3 rings (SSSR count). The molecule has 0 saturated carbocycles. The van der Waals surface area contributed by atoms with E-state index in [1.165, 1.54) is 41.3 Å². The van der Waals surface area contributed by atoms with E-state index in [0.29, 0.717) is 10.6 Å². The number of ether oxygens (including phenoxy) is 1. The van der Waals surface area contributed by atoms with Gasteiger partial charge in [0.25, 0.3) is 0 Å². The fourth-order valence-corrected chi connectivity index (χ4v) is 2.73. The average molecular weight is 395 g/mol. The summed E-state index contributed by atoms with van der Waals surface area (Å²) in [6, 6.07) is 15.9. The van der Waals surface area contributed by atoms with E-state index in [2.05, 4.69) is 5.10 Å². The number of carbonyl (C=O) groups is 3. The zero-order chi connectivity index (χ0) is 20.1. The number of benzene rings is 2. The number of nitrogens with zero attached hydrogens (tertiary/aromatic N) is 2. The number of halogens is 1. The number of ketones is 2. The zero-order valence-corrected chi connectivity index (χ0v) is 15.6. The first-order chi connectivity index (χ1) is 13.5. The minimum absolute atomic E-state index is 0.190. The molecule has 0 amide bonds. The van der Waals surface area contributed by atoms with Crippen LogP contribution < -0.4 is 0 Å². The fraction of sp³-hybridized carbons (Fsp3) is 0.0476. The van der Waals surface area contributed by atoms with Crippen molar-refractivity contribution < 1.29 is 19.1 Å². The van der Waals surface area contributed by atoms with Crippen LogP contribution in [0.25, 0.3) is 5.70 Å². The SMILES string of the molecule is COC(=O)/C(C(=O)c1ccc(Cl)cc1)=C(\C(=O)c1ccccc1)n1cccn1. The molecule has 2 aromatic carbocycles. The highest BCUT2D eigenvalue weighted by Crippen LogP contribution is 2.23. The van der Waals surface area contributed by atoms with Crippen molar-refractivity contribution in [2.75, 3.05) is 7.11 Å². The van der Waals surface area contributed by atoms with Gasteiger partial charge in [-0.15, -0.1) is 0 Å². The molecule has 3 aromatic rings. The highest BCUT2D eigenvalue weighted by atomic mass is 35.5. The minimum atomic E-state index is -0.935. The first-order valence-electron chi connectivity index (χ1n) is 8.25. The van der Waals surface area contributed by atoms with Gasteiger partial charge >= 0.3 is 5.97 Å². The quantitative estimate of drug-likeness (QED) is 0.209. The third-order valence-electron chi connectivity index (χ3n) is 3.94. The Bertz CT molecular complexity index is 1040. The number of esters is 1. The number of hydrogen-bond acceptors (Lipinski definition) is 5. The van der Waals surface area contributed by atoms with Crippen LogP contribution in [0.15, 0.2) is 78.6 Å². The Kier molecular flexibility index (Phi) is 5.81. The zero-order valence-electron chi connectivity index (χ0n) is 14.8. The van der Waals surface area contributed by atoms with Crippen LogP contribution in [0.3, 0.4) is 0 Å². The Balaban J connectivity index is 2.25. The summed E-state index contributed by atoms with van der Waals surface area (Å²) in [5, 5.41) is 4.49. The summed E-state index contributed by atoms with van der Waals surface area (Å²) in [6.07, 6.45) is 2.92. The average Bonchev–Trinajstić information content (AvgIpc) is 3.26. The van der Waals surface area contributed by atoms with Crippen molar-refractivity contribution in [3.05, 3.63) is 94.8 Å². The van der Waals surface area contributed by atoms with Crippen LogP contribution in [0.4, 0.5) is 0 Å². The minimum Gasteiger partial charge on any atom is -0.465 e. The van der Waals surface area contributed by atoms with E-state index in [-0.39, 0.29) is 11.3 Å². The second-order valence-corrected chi connectivity index (χ2v) is 6.13. The normalized spacial score (nSPS) is 11.5. The molecule has 6 nitrogen and oxygen atoms in total. The first-order valence-corrected chi connectivity index (χ1v) is 8.63. The molecule has 0 unspecified atom stereocenters. The molecular formula is C21H15ClN2O4. The molecule has 0 bridgehead atoms. The van der Waals surface area contributed by atoms with E-state index in [1.807, 2.05) is 0 Å². The van der Waals surface area contributed by atoms with Crippen molar-refractivity contribution in [2.45, 2.75) is 0 Å². The number of Topliss-reactive ketones (excluding diaryl/α,β-unsaturated/α-hetero) is 2. The Morgan fingerprint density at radius 1 is 0.893 bits per heavy atom. The number of hydrogen-bond donors (Lipinski definition) is 0. The molecule has 0 spiro atoms. The standard InChI is InChI=1S/C21H15ClN2O4/c1-28-21(27)17(19(25)15-8-10-16(22)11-9-15)18(24-13-5-12-23-24)20(26)14-6-3-2-4-7-14/h2-13H,1H3/b18-17+. The van der Waals surface area contributed by atoms with Gasteiger partial charge in [-0.05, 0) is 30.3 Å². The molecule has 0 aliphatic rings. The fourth-order valence-electron chi connectivity index (χ4n) is 2.60. The van der Waals surface area contributed by atoms with Crippen molar-refractivity contribution >= 4 is 34.8 Å². The molecule has 0 atom stereocenters. The molecule has 28 heavy (non-hydrogen) atoms. The Hall–Kier alpha value is -3.51. The summed E-state index contributed by atoms with van der Waals surface area (Å²) in [5.74, 6) is -2.14. The lowest BCUT2D eigenvalue weighted by Gasteiger charge is -2.13. The predicted octanol–water partition coefficient (Wildman–Crippen LogP) is 3.69. The van der Waals surface area contributed by atoms with Crippen LogP contribution in [0.5, 0.6) is 0 Å². The van der Waals surface area contributed by atoms with Gasteiger partial charge in [-0.25, -0.2) is 9.48 Å².